The summed E-state index contributed by atoms with van der Waals surface area (Å²) in [7, 11) is 1.62. The Labute approximate surface area is 126 Å². The first-order valence-corrected chi connectivity index (χ1v) is 6.65. The number of nitro groups is 1. The Hall–Kier alpha value is -2.34. The second-order valence-electron chi connectivity index (χ2n) is 4.28. The van der Waals surface area contributed by atoms with Crippen LogP contribution in [0.4, 0.5) is 11.5 Å². The van der Waals surface area contributed by atoms with Crippen molar-refractivity contribution in [3.05, 3.63) is 57.2 Å². The van der Waals surface area contributed by atoms with Crippen molar-refractivity contribution in [2.24, 2.45) is 0 Å². The predicted octanol–water partition coefficient (Wildman–Crippen LogP) is 3.31. The van der Waals surface area contributed by atoms with E-state index in [1.165, 1.54) is 12.1 Å². The summed E-state index contributed by atoms with van der Waals surface area (Å²) in [6.45, 7) is 0.560. The Morgan fingerprint density at radius 1 is 1.38 bits per heavy atom. The van der Waals surface area contributed by atoms with Crippen molar-refractivity contribution >= 4 is 23.1 Å². The summed E-state index contributed by atoms with van der Waals surface area (Å²) in [4.78, 5) is 14.3. The molecule has 0 unspecified atom stereocenters. The lowest BCUT2D eigenvalue weighted by Gasteiger charge is -2.09. The number of benzene rings is 1. The lowest BCUT2D eigenvalue weighted by Crippen LogP contribution is -2.07. The number of ether oxygens (including phenoxy) is 1. The van der Waals surface area contributed by atoms with Crippen LogP contribution in [0.25, 0.3) is 0 Å². The van der Waals surface area contributed by atoms with Gasteiger partial charge < -0.3 is 10.1 Å². The molecule has 1 aromatic heterocycles. The van der Waals surface area contributed by atoms with Gasteiger partial charge in [-0.3, -0.25) is 10.1 Å². The van der Waals surface area contributed by atoms with Gasteiger partial charge in [0.2, 0.25) is 0 Å². The van der Waals surface area contributed by atoms with Gasteiger partial charge >= 0.3 is 0 Å². The number of nitrogens with one attached hydrogen (secondary N) is 1. The van der Waals surface area contributed by atoms with Crippen molar-refractivity contribution in [3.63, 3.8) is 0 Å². The maximum absolute atomic E-state index is 10.8. The monoisotopic (exact) mass is 307 g/mol. The van der Waals surface area contributed by atoms with Crippen LogP contribution in [0.2, 0.25) is 5.15 Å². The van der Waals surface area contributed by atoms with Gasteiger partial charge in [0, 0.05) is 6.54 Å². The summed E-state index contributed by atoms with van der Waals surface area (Å²) in [6, 6.07) is 10.3. The first-order valence-electron chi connectivity index (χ1n) is 6.28. The molecule has 0 radical (unpaired) electrons. The molecular formula is C14H14ClN3O3. The fraction of sp³-hybridized carbons (Fsp3) is 0.214. The Balaban J connectivity index is 2.02. The number of rotatable bonds is 6. The fourth-order valence-corrected chi connectivity index (χ4v) is 2.12. The second-order valence-corrected chi connectivity index (χ2v) is 4.67. The summed E-state index contributed by atoms with van der Waals surface area (Å²) in [6.07, 6.45) is 0.700. The molecule has 0 spiro atoms. The highest BCUT2D eigenvalue weighted by atomic mass is 35.5. The van der Waals surface area contributed by atoms with Crippen LogP contribution in [-0.4, -0.2) is 23.6 Å². The maximum Gasteiger partial charge on any atom is 0.276 e. The number of aromatic nitrogens is 1. The molecule has 2 aromatic rings. The van der Waals surface area contributed by atoms with Gasteiger partial charge in [-0.2, -0.15) is 0 Å². The van der Waals surface area contributed by atoms with Gasteiger partial charge in [-0.15, -0.1) is 0 Å². The smallest absolute Gasteiger partial charge is 0.276 e. The van der Waals surface area contributed by atoms with Crippen molar-refractivity contribution in [2.45, 2.75) is 6.42 Å². The largest absolute Gasteiger partial charge is 0.496 e. The molecule has 110 valence electrons. The number of pyridine rings is 1. The van der Waals surface area contributed by atoms with Crippen LogP contribution >= 0.6 is 11.6 Å². The number of methoxy groups -OCH3 is 1. The molecule has 0 fully saturated rings. The number of para-hydroxylation sites is 1. The zero-order valence-corrected chi connectivity index (χ0v) is 12.1. The van der Waals surface area contributed by atoms with Gasteiger partial charge in [-0.05, 0) is 18.1 Å². The van der Waals surface area contributed by atoms with E-state index in [-0.39, 0.29) is 10.8 Å². The van der Waals surface area contributed by atoms with Gasteiger partial charge in [0.15, 0.2) is 0 Å². The molecule has 0 aliphatic heterocycles. The SMILES string of the molecule is COc1ccccc1CCNc1cc([N+](=O)[O-])cc(Cl)n1. The highest BCUT2D eigenvalue weighted by Gasteiger charge is 2.10. The lowest BCUT2D eigenvalue weighted by molar-refractivity contribution is -0.384. The molecule has 2 rings (SSSR count). The van der Waals surface area contributed by atoms with Crippen LogP contribution in [0.1, 0.15) is 5.56 Å². The number of anilines is 1. The number of nitrogens with zero attached hydrogens (tertiary/aromatic N) is 2. The van der Waals surface area contributed by atoms with Crippen molar-refractivity contribution in [2.75, 3.05) is 19.0 Å². The van der Waals surface area contributed by atoms with Gasteiger partial charge in [0.25, 0.3) is 5.69 Å². The van der Waals surface area contributed by atoms with Crippen molar-refractivity contribution in [1.29, 1.82) is 0 Å². The Morgan fingerprint density at radius 3 is 2.86 bits per heavy atom. The summed E-state index contributed by atoms with van der Waals surface area (Å²) >= 11 is 5.76. The molecule has 0 saturated heterocycles. The van der Waals surface area contributed by atoms with Crippen LogP contribution in [0, 0.1) is 10.1 Å². The molecule has 0 amide bonds. The van der Waals surface area contributed by atoms with Gasteiger partial charge in [-0.1, -0.05) is 29.8 Å². The third kappa shape index (κ3) is 4.06. The highest BCUT2D eigenvalue weighted by molar-refractivity contribution is 6.29. The predicted molar refractivity (Wildman–Crippen MR) is 81.1 cm³/mol. The topological polar surface area (TPSA) is 77.3 Å². The molecule has 1 N–H and O–H groups in total. The summed E-state index contributed by atoms with van der Waals surface area (Å²) < 4.78 is 5.26. The minimum absolute atomic E-state index is 0.0870. The molecule has 6 nitrogen and oxygen atoms in total. The first kappa shape index (κ1) is 15.1. The second kappa shape index (κ2) is 6.90. The van der Waals surface area contributed by atoms with Crippen LogP contribution in [0.5, 0.6) is 5.75 Å². The zero-order valence-electron chi connectivity index (χ0n) is 11.4. The molecule has 0 saturated carbocycles. The van der Waals surface area contributed by atoms with Crippen LogP contribution in [0.3, 0.4) is 0 Å². The molecule has 0 aliphatic carbocycles. The minimum Gasteiger partial charge on any atom is -0.496 e. The van der Waals surface area contributed by atoms with Crippen molar-refractivity contribution in [1.82, 2.24) is 4.98 Å². The summed E-state index contributed by atoms with van der Waals surface area (Å²) in [5.41, 5.74) is 0.957. The first-order chi connectivity index (χ1) is 10.1. The van der Waals surface area contributed by atoms with Crippen molar-refractivity contribution in [3.8, 4) is 5.75 Å². The number of halogens is 1. The summed E-state index contributed by atoms with van der Waals surface area (Å²) in [5.74, 6) is 1.19. The number of hydrogen-bond donors (Lipinski definition) is 1. The normalized spacial score (nSPS) is 10.2. The average Bonchev–Trinajstić information content (AvgIpc) is 2.47. The standard InChI is InChI=1S/C14H14ClN3O3/c1-21-12-5-3-2-4-10(12)6-7-16-14-9-11(18(19)20)8-13(15)17-14/h2-5,8-9H,6-7H2,1H3,(H,16,17). The fourth-order valence-electron chi connectivity index (χ4n) is 1.91. The Kier molecular flexibility index (Phi) is 4.94. The van der Waals surface area contributed by atoms with Crippen molar-refractivity contribution < 1.29 is 9.66 Å². The molecular weight excluding hydrogens is 294 g/mol. The van der Waals surface area contributed by atoms with Gasteiger partial charge in [0.1, 0.15) is 16.7 Å². The number of hydrogen-bond acceptors (Lipinski definition) is 5. The minimum atomic E-state index is -0.501. The third-order valence-electron chi connectivity index (χ3n) is 2.88. The molecule has 0 bridgehead atoms. The quantitative estimate of drug-likeness (QED) is 0.503. The maximum atomic E-state index is 10.8. The van der Waals surface area contributed by atoms with Crippen LogP contribution in [0.15, 0.2) is 36.4 Å². The molecule has 1 aromatic carbocycles. The lowest BCUT2D eigenvalue weighted by atomic mass is 10.1. The zero-order chi connectivity index (χ0) is 15.2. The Bertz CT molecular complexity index is 649. The molecule has 1 heterocycles. The van der Waals surface area contributed by atoms with E-state index in [9.17, 15) is 10.1 Å². The average molecular weight is 308 g/mol. The van der Waals surface area contributed by atoms with E-state index in [0.29, 0.717) is 18.8 Å². The van der Waals surface area contributed by atoms with Crippen LogP contribution in [-0.2, 0) is 6.42 Å². The van der Waals surface area contributed by atoms with E-state index in [4.69, 9.17) is 16.3 Å². The van der Waals surface area contributed by atoms with Crippen LogP contribution < -0.4 is 10.1 Å². The van der Waals surface area contributed by atoms with E-state index in [2.05, 4.69) is 10.3 Å². The third-order valence-corrected chi connectivity index (χ3v) is 3.08. The summed E-state index contributed by atoms with van der Waals surface area (Å²) in [5, 5.41) is 13.9. The van der Waals surface area contributed by atoms with E-state index in [1.54, 1.807) is 7.11 Å². The molecule has 21 heavy (non-hydrogen) atoms. The highest BCUT2D eigenvalue weighted by Crippen LogP contribution is 2.21. The van der Waals surface area contributed by atoms with E-state index in [0.717, 1.165) is 11.3 Å². The molecule has 7 heteroatoms. The van der Waals surface area contributed by atoms with E-state index in [1.807, 2.05) is 24.3 Å². The molecule has 0 atom stereocenters. The molecule has 0 aliphatic rings. The van der Waals surface area contributed by atoms with Gasteiger partial charge in [-0.25, -0.2) is 4.98 Å². The Morgan fingerprint density at radius 2 is 2.14 bits per heavy atom. The van der Waals surface area contributed by atoms with E-state index >= 15 is 0 Å². The van der Waals surface area contributed by atoms with E-state index < -0.39 is 4.92 Å². The van der Waals surface area contributed by atoms with Gasteiger partial charge in [0.05, 0.1) is 24.2 Å².